The van der Waals surface area contributed by atoms with Gasteiger partial charge in [0, 0.05) is 20.2 Å². The Morgan fingerprint density at radius 1 is 1.05 bits per heavy atom. The molecule has 0 radical (unpaired) electrons. The van der Waals surface area contributed by atoms with E-state index in [1.807, 2.05) is 0 Å². The largest absolute Gasteiger partial charge is 0.383 e. The number of hydrogen-bond donors (Lipinski definition) is 1. The average molecular weight is 279 g/mol. The van der Waals surface area contributed by atoms with Crippen LogP contribution in [0.4, 0.5) is 0 Å². The Balaban J connectivity index is 2.10. The Labute approximate surface area is 123 Å². The minimum Gasteiger partial charge on any atom is -0.383 e. The molecule has 0 spiro atoms. The van der Waals surface area contributed by atoms with Crippen molar-refractivity contribution in [2.24, 2.45) is 0 Å². The second-order valence-corrected chi connectivity index (χ2v) is 5.16. The molecule has 0 heterocycles. The zero-order chi connectivity index (χ0) is 14.6. The molecule has 1 rings (SSSR count). The second kappa shape index (κ2) is 10.8. The molecule has 3 heteroatoms. The van der Waals surface area contributed by atoms with Gasteiger partial charge < -0.3 is 14.8 Å². The minimum absolute atomic E-state index is 0.651. The fourth-order valence-corrected chi connectivity index (χ4v) is 1.98. The van der Waals surface area contributed by atoms with Crippen LogP contribution in [0.2, 0.25) is 0 Å². The molecule has 114 valence electrons. The van der Waals surface area contributed by atoms with E-state index in [1.54, 1.807) is 7.11 Å². The fraction of sp³-hybridized carbons (Fsp3) is 0.647. The lowest BCUT2D eigenvalue weighted by atomic mass is 9.97. The van der Waals surface area contributed by atoms with Gasteiger partial charge in [0.05, 0.1) is 19.8 Å². The number of hydrogen-bond acceptors (Lipinski definition) is 3. The van der Waals surface area contributed by atoms with Crippen molar-refractivity contribution in [3.63, 3.8) is 0 Å². The fourth-order valence-electron chi connectivity index (χ4n) is 1.98. The SMILES string of the molecule is CCC(C)c1ccc(CCOCCNCCOC)cc1. The van der Waals surface area contributed by atoms with Gasteiger partial charge in [0.1, 0.15) is 0 Å². The Bertz CT molecular complexity index is 337. The van der Waals surface area contributed by atoms with Crippen molar-refractivity contribution in [2.75, 3.05) is 40.0 Å². The van der Waals surface area contributed by atoms with E-state index in [-0.39, 0.29) is 0 Å². The smallest absolute Gasteiger partial charge is 0.0591 e. The summed E-state index contributed by atoms with van der Waals surface area (Å²) >= 11 is 0. The molecular formula is C17H29NO2. The van der Waals surface area contributed by atoms with Crippen LogP contribution in [0.1, 0.15) is 37.3 Å². The van der Waals surface area contributed by atoms with Gasteiger partial charge in [-0.1, -0.05) is 38.1 Å². The third-order valence-electron chi connectivity index (χ3n) is 3.60. The van der Waals surface area contributed by atoms with Crippen LogP contribution in [0.5, 0.6) is 0 Å². The quantitative estimate of drug-likeness (QED) is 0.632. The second-order valence-electron chi connectivity index (χ2n) is 5.16. The van der Waals surface area contributed by atoms with Gasteiger partial charge in [-0.25, -0.2) is 0 Å². The highest BCUT2D eigenvalue weighted by molar-refractivity contribution is 5.25. The minimum atomic E-state index is 0.651. The Morgan fingerprint density at radius 2 is 1.75 bits per heavy atom. The summed E-state index contributed by atoms with van der Waals surface area (Å²) in [6, 6.07) is 8.94. The zero-order valence-electron chi connectivity index (χ0n) is 13.2. The van der Waals surface area contributed by atoms with Crippen molar-refractivity contribution in [3.8, 4) is 0 Å². The summed E-state index contributed by atoms with van der Waals surface area (Å²) in [5.41, 5.74) is 2.78. The molecule has 0 saturated heterocycles. The van der Waals surface area contributed by atoms with Crippen molar-refractivity contribution >= 4 is 0 Å². The molecule has 1 aromatic rings. The first kappa shape index (κ1) is 17.2. The number of rotatable bonds is 11. The third kappa shape index (κ3) is 7.04. The monoisotopic (exact) mass is 279 g/mol. The first-order valence-electron chi connectivity index (χ1n) is 7.64. The summed E-state index contributed by atoms with van der Waals surface area (Å²) in [6.07, 6.45) is 2.18. The van der Waals surface area contributed by atoms with Gasteiger partial charge in [-0.3, -0.25) is 0 Å². The first-order chi connectivity index (χ1) is 9.77. The molecule has 1 aromatic carbocycles. The van der Waals surface area contributed by atoms with Gasteiger partial charge >= 0.3 is 0 Å². The topological polar surface area (TPSA) is 30.5 Å². The maximum absolute atomic E-state index is 5.61. The van der Waals surface area contributed by atoms with Crippen molar-refractivity contribution in [3.05, 3.63) is 35.4 Å². The van der Waals surface area contributed by atoms with E-state index < -0.39 is 0 Å². The number of methoxy groups -OCH3 is 1. The average Bonchev–Trinajstić information content (AvgIpc) is 2.50. The molecule has 0 aliphatic heterocycles. The van der Waals surface area contributed by atoms with Gasteiger partial charge in [0.25, 0.3) is 0 Å². The molecule has 0 aliphatic carbocycles. The number of nitrogens with one attached hydrogen (secondary N) is 1. The Kier molecular flexibility index (Phi) is 9.29. The first-order valence-corrected chi connectivity index (χ1v) is 7.64. The van der Waals surface area contributed by atoms with E-state index in [0.29, 0.717) is 5.92 Å². The maximum Gasteiger partial charge on any atom is 0.0591 e. The van der Waals surface area contributed by atoms with Gasteiger partial charge in [0.15, 0.2) is 0 Å². The number of benzene rings is 1. The van der Waals surface area contributed by atoms with Crippen molar-refractivity contribution in [2.45, 2.75) is 32.6 Å². The predicted octanol–water partition coefficient (Wildman–Crippen LogP) is 3.00. The lowest BCUT2D eigenvalue weighted by Gasteiger charge is -2.10. The third-order valence-corrected chi connectivity index (χ3v) is 3.60. The van der Waals surface area contributed by atoms with Crippen molar-refractivity contribution in [1.82, 2.24) is 5.32 Å². The van der Waals surface area contributed by atoms with Crippen LogP contribution in [-0.4, -0.2) is 40.0 Å². The van der Waals surface area contributed by atoms with Crippen molar-refractivity contribution in [1.29, 1.82) is 0 Å². The van der Waals surface area contributed by atoms with E-state index in [0.717, 1.165) is 39.3 Å². The molecule has 3 nitrogen and oxygen atoms in total. The summed E-state index contributed by atoms with van der Waals surface area (Å²) < 4.78 is 10.6. The Morgan fingerprint density at radius 3 is 2.40 bits per heavy atom. The van der Waals surface area contributed by atoms with E-state index in [9.17, 15) is 0 Å². The molecule has 1 N–H and O–H groups in total. The van der Waals surface area contributed by atoms with E-state index in [4.69, 9.17) is 9.47 Å². The van der Waals surface area contributed by atoms with Crippen molar-refractivity contribution < 1.29 is 9.47 Å². The van der Waals surface area contributed by atoms with E-state index in [2.05, 4.69) is 43.4 Å². The molecular weight excluding hydrogens is 250 g/mol. The molecule has 0 aromatic heterocycles. The summed E-state index contributed by atoms with van der Waals surface area (Å²) in [5.74, 6) is 0.651. The lowest BCUT2D eigenvalue weighted by molar-refractivity contribution is 0.135. The van der Waals surface area contributed by atoms with Crippen LogP contribution in [0.25, 0.3) is 0 Å². The van der Waals surface area contributed by atoms with E-state index in [1.165, 1.54) is 17.5 Å². The van der Waals surface area contributed by atoms with Crippen LogP contribution in [0.3, 0.4) is 0 Å². The lowest BCUT2D eigenvalue weighted by Crippen LogP contribution is -2.23. The highest BCUT2D eigenvalue weighted by Gasteiger charge is 2.02. The van der Waals surface area contributed by atoms with Gasteiger partial charge in [-0.2, -0.15) is 0 Å². The van der Waals surface area contributed by atoms with Crippen LogP contribution in [-0.2, 0) is 15.9 Å². The molecule has 1 unspecified atom stereocenters. The zero-order valence-corrected chi connectivity index (χ0v) is 13.2. The Hall–Kier alpha value is -0.900. The molecule has 0 aliphatic rings. The number of ether oxygens (including phenoxy) is 2. The normalized spacial score (nSPS) is 12.6. The summed E-state index contributed by atoms with van der Waals surface area (Å²) in [5, 5.41) is 3.26. The molecule has 20 heavy (non-hydrogen) atoms. The summed E-state index contributed by atoms with van der Waals surface area (Å²) in [7, 11) is 1.71. The highest BCUT2D eigenvalue weighted by Crippen LogP contribution is 2.18. The highest BCUT2D eigenvalue weighted by atomic mass is 16.5. The molecule has 0 bridgehead atoms. The van der Waals surface area contributed by atoms with Gasteiger partial charge in [-0.15, -0.1) is 0 Å². The maximum atomic E-state index is 5.61. The standard InChI is InChI=1S/C17H29NO2/c1-4-15(2)17-7-5-16(6-8-17)9-12-20-14-11-18-10-13-19-3/h5-8,15,18H,4,9-14H2,1-3H3. The van der Waals surface area contributed by atoms with Crippen LogP contribution in [0, 0.1) is 0 Å². The predicted molar refractivity (Wildman–Crippen MR) is 84.4 cm³/mol. The van der Waals surface area contributed by atoms with Crippen LogP contribution in [0.15, 0.2) is 24.3 Å². The molecule has 0 amide bonds. The van der Waals surface area contributed by atoms with E-state index >= 15 is 0 Å². The summed E-state index contributed by atoms with van der Waals surface area (Å²) in [6.45, 7) is 8.57. The van der Waals surface area contributed by atoms with Gasteiger partial charge in [-0.05, 0) is 29.9 Å². The van der Waals surface area contributed by atoms with Gasteiger partial charge in [0.2, 0.25) is 0 Å². The van der Waals surface area contributed by atoms with Crippen LogP contribution < -0.4 is 5.32 Å². The summed E-state index contributed by atoms with van der Waals surface area (Å²) in [4.78, 5) is 0. The molecule has 0 fully saturated rings. The molecule has 0 saturated carbocycles. The molecule has 1 atom stereocenters. The van der Waals surface area contributed by atoms with Crippen LogP contribution >= 0.6 is 0 Å².